The van der Waals surface area contributed by atoms with E-state index in [4.69, 9.17) is 0 Å². The summed E-state index contributed by atoms with van der Waals surface area (Å²) in [5, 5.41) is 0.670. The summed E-state index contributed by atoms with van der Waals surface area (Å²) < 4.78 is 30.4. The van der Waals surface area contributed by atoms with Crippen LogP contribution in [0.25, 0.3) is 0 Å². The zero-order chi connectivity index (χ0) is 13.6. The molecule has 5 nitrogen and oxygen atoms in total. The number of benzene rings is 1. The van der Waals surface area contributed by atoms with E-state index in [1.807, 2.05) is 0 Å². The molecular weight excluding hydrogens is 322 g/mol. The minimum absolute atomic E-state index is 0.00914. The number of esters is 1. The lowest BCUT2D eigenvalue weighted by molar-refractivity contribution is -0.140. The standard InChI is InChI=1S/C11H14BrNO4S/c1-17-11(14)6-7-13-18(15,16)10-4-2-9(8-12)3-5-10/h2-5,13H,6-8H2,1H3. The van der Waals surface area contributed by atoms with Gasteiger partial charge in [0.05, 0.1) is 18.4 Å². The number of nitrogens with one attached hydrogen (secondary N) is 1. The number of alkyl halides is 1. The normalized spacial score (nSPS) is 11.2. The zero-order valence-corrected chi connectivity index (χ0v) is 12.3. The SMILES string of the molecule is COC(=O)CCNS(=O)(=O)c1ccc(CBr)cc1. The molecule has 0 aliphatic rings. The molecule has 0 radical (unpaired) electrons. The van der Waals surface area contributed by atoms with Crippen molar-refractivity contribution in [2.45, 2.75) is 16.6 Å². The number of ether oxygens (including phenoxy) is 1. The highest BCUT2D eigenvalue weighted by Crippen LogP contribution is 2.12. The molecule has 0 amide bonds. The van der Waals surface area contributed by atoms with Crippen molar-refractivity contribution >= 4 is 31.9 Å². The zero-order valence-electron chi connectivity index (χ0n) is 9.85. The predicted octanol–water partition coefficient (Wildman–Crippen LogP) is 1.42. The molecule has 0 aromatic heterocycles. The summed E-state index contributed by atoms with van der Waals surface area (Å²) in [4.78, 5) is 11.0. The van der Waals surface area contributed by atoms with Gasteiger partial charge >= 0.3 is 5.97 Å². The molecule has 1 aromatic rings. The Bertz CT molecular complexity index is 498. The molecule has 0 unspecified atom stereocenters. The van der Waals surface area contributed by atoms with E-state index in [1.165, 1.54) is 19.2 Å². The number of sulfonamides is 1. The van der Waals surface area contributed by atoms with Crippen LogP contribution in [0, 0.1) is 0 Å². The maximum absolute atomic E-state index is 11.8. The van der Waals surface area contributed by atoms with Crippen LogP contribution in [0.3, 0.4) is 0 Å². The number of carbonyl (C=O) groups excluding carboxylic acids is 1. The molecule has 1 aromatic carbocycles. The Hall–Kier alpha value is -0.920. The number of hydrogen-bond donors (Lipinski definition) is 1. The van der Waals surface area contributed by atoms with Gasteiger partial charge in [-0.3, -0.25) is 4.79 Å². The van der Waals surface area contributed by atoms with Gasteiger partial charge in [-0.05, 0) is 17.7 Å². The van der Waals surface area contributed by atoms with Crippen molar-refractivity contribution in [2.75, 3.05) is 13.7 Å². The van der Waals surface area contributed by atoms with Crippen LogP contribution in [0.1, 0.15) is 12.0 Å². The average molecular weight is 336 g/mol. The second-order valence-corrected chi connectivity index (χ2v) is 5.83. The molecule has 0 atom stereocenters. The van der Waals surface area contributed by atoms with Gasteiger partial charge in [-0.2, -0.15) is 0 Å². The molecule has 0 saturated carbocycles. The van der Waals surface area contributed by atoms with Gasteiger partial charge in [-0.15, -0.1) is 0 Å². The minimum atomic E-state index is -3.56. The number of halogens is 1. The summed E-state index contributed by atoms with van der Waals surface area (Å²) in [5.41, 5.74) is 0.989. The van der Waals surface area contributed by atoms with Crippen LogP contribution in [0.15, 0.2) is 29.2 Å². The van der Waals surface area contributed by atoms with Crippen LogP contribution in [-0.2, 0) is 24.9 Å². The molecule has 0 heterocycles. The van der Waals surface area contributed by atoms with E-state index < -0.39 is 16.0 Å². The molecule has 0 bridgehead atoms. The van der Waals surface area contributed by atoms with E-state index in [0.717, 1.165) is 5.56 Å². The lowest BCUT2D eigenvalue weighted by atomic mass is 10.2. The lowest BCUT2D eigenvalue weighted by Gasteiger charge is -2.06. The van der Waals surface area contributed by atoms with E-state index in [2.05, 4.69) is 25.4 Å². The summed E-state index contributed by atoms with van der Waals surface area (Å²) in [6, 6.07) is 6.50. The first kappa shape index (κ1) is 15.1. The van der Waals surface area contributed by atoms with Crippen molar-refractivity contribution in [2.24, 2.45) is 0 Å². The van der Waals surface area contributed by atoms with E-state index in [-0.39, 0.29) is 17.9 Å². The summed E-state index contributed by atoms with van der Waals surface area (Å²) in [5.74, 6) is -0.452. The van der Waals surface area contributed by atoms with E-state index in [1.54, 1.807) is 12.1 Å². The quantitative estimate of drug-likeness (QED) is 0.630. The highest BCUT2D eigenvalue weighted by molar-refractivity contribution is 9.08. The second-order valence-electron chi connectivity index (χ2n) is 3.50. The molecule has 0 aliphatic carbocycles. The fraction of sp³-hybridized carbons (Fsp3) is 0.364. The highest BCUT2D eigenvalue weighted by atomic mass is 79.9. The van der Waals surface area contributed by atoms with E-state index in [9.17, 15) is 13.2 Å². The van der Waals surface area contributed by atoms with Crippen LogP contribution >= 0.6 is 15.9 Å². The van der Waals surface area contributed by atoms with Gasteiger partial charge < -0.3 is 4.74 Å². The third kappa shape index (κ3) is 4.40. The molecule has 0 fully saturated rings. The number of carbonyl (C=O) groups is 1. The number of methoxy groups -OCH3 is 1. The van der Waals surface area contributed by atoms with E-state index >= 15 is 0 Å². The highest BCUT2D eigenvalue weighted by Gasteiger charge is 2.13. The largest absolute Gasteiger partial charge is 0.469 e. The minimum Gasteiger partial charge on any atom is -0.469 e. The van der Waals surface area contributed by atoms with Crippen LogP contribution in [0.5, 0.6) is 0 Å². The summed E-state index contributed by atoms with van der Waals surface area (Å²) in [6.45, 7) is 0.0230. The Morgan fingerprint density at radius 1 is 1.33 bits per heavy atom. The Labute approximate surface area is 115 Å². The van der Waals surface area contributed by atoms with Gasteiger partial charge in [0.15, 0.2) is 0 Å². The monoisotopic (exact) mass is 335 g/mol. The van der Waals surface area contributed by atoms with Crippen LogP contribution in [0.2, 0.25) is 0 Å². The number of rotatable bonds is 6. The van der Waals surface area contributed by atoms with Gasteiger partial charge in [0.1, 0.15) is 0 Å². The fourth-order valence-electron chi connectivity index (χ4n) is 1.23. The molecule has 18 heavy (non-hydrogen) atoms. The Kier molecular flexibility index (Phi) is 5.77. The van der Waals surface area contributed by atoms with Gasteiger partial charge in [-0.1, -0.05) is 28.1 Å². The Morgan fingerprint density at radius 3 is 2.44 bits per heavy atom. The maximum atomic E-state index is 11.8. The molecule has 1 N–H and O–H groups in total. The summed E-state index contributed by atoms with van der Waals surface area (Å²) in [7, 11) is -2.30. The third-order valence-corrected chi connectivity index (χ3v) is 4.36. The van der Waals surface area contributed by atoms with E-state index in [0.29, 0.717) is 5.33 Å². The summed E-state index contributed by atoms with van der Waals surface area (Å²) >= 11 is 3.28. The third-order valence-electron chi connectivity index (χ3n) is 2.24. The van der Waals surface area contributed by atoms with Gasteiger partial charge in [0.25, 0.3) is 0 Å². The fourth-order valence-corrected chi connectivity index (χ4v) is 2.64. The van der Waals surface area contributed by atoms with Crippen LogP contribution in [-0.4, -0.2) is 28.0 Å². The molecule has 0 saturated heterocycles. The van der Waals surface area contributed by atoms with Gasteiger partial charge in [0, 0.05) is 11.9 Å². The Balaban J connectivity index is 2.65. The van der Waals surface area contributed by atoms with Crippen molar-refractivity contribution in [1.82, 2.24) is 4.72 Å². The van der Waals surface area contributed by atoms with Crippen molar-refractivity contribution in [3.8, 4) is 0 Å². The van der Waals surface area contributed by atoms with Crippen molar-refractivity contribution in [3.63, 3.8) is 0 Å². The molecular formula is C11H14BrNO4S. The number of hydrogen-bond acceptors (Lipinski definition) is 4. The first-order valence-electron chi connectivity index (χ1n) is 5.21. The molecule has 100 valence electrons. The van der Waals surface area contributed by atoms with Crippen molar-refractivity contribution in [1.29, 1.82) is 0 Å². The predicted molar refractivity (Wildman–Crippen MR) is 70.9 cm³/mol. The lowest BCUT2D eigenvalue weighted by Crippen LogP contribution is -2.26. The molecule has 7 heteroatoms. The topological polar surface area (TPSA) is 72.5 Å². The van der Waals surface area contributed by atoms with Crippen molar-refractivity contribution in [3.05, 3.63) is 29.8 Å². The molecule has 1 rings (SSSR count). The maximum Gasteiger partial charge on any atom is 0.306 e. The molecule has 0 spiro atoms. The smallest absolute Gasteiger partial charge is 0.306 e. The first-order valence-corrected chi connectivity index (χ1v) is 7.81. The van der Waals surface area contributed by atoms with Crippen LogP contribution < -0.4 is 4.72 Å². The molecule has 0 aliphatic heterocycles. The summed E-state index contributed by atoms with van der Waals surface area (Å²) in [6.07, 6.45) is 0.00914. The Morgan fingerprint density at radius 2 is 1.94 bits per heavy atom. The average Bonchev–Trinajstić information content (AvgIpc) is 2.38. The first-order chi connectivity index (χ1) is 8.49. The van der Waals surface area contributed by atoms with Gasteiger partial charge in [-0.25, -0.2) is 13.1 Å². The van der Waals surface area contributed by atoms with Gasteiger partial charge in [0.2, 0.25) is 10.0 Å². The van der Waals surface area contributed by atoms with Crippen molar-refractivity contribution < 1.29 is 17.9 Å². The second kappa shape index (κ2) is 6.86. The van der Waals surface area contributed by atoms with Crippen LogP contribution in [0.4, 0.5) is 0 Å².